The third kappa shape index (κ3) is 4.30. The second-order valence-electron chi connectivity index (χ2n) is 4.93. The summed E-state index contributed by atoms with van der Waals surface area (Å²) in [6.07, 6.45) is 0.875. The fourth-order valence-electron chi connectivity index (χ4n) is 2.02. The smallest absolute Gasteiger partial charge is 0.274 e. The summed E-state index contributed by atoms with van der Waals surface area (Å²) in [5.41, 5.74) is 1.99. The molecule has 0 spiro atoms. The van der Waals surface area contributed by atoms with Crippen molar-refractivity contribution in [3.8, 4) is 0 Å². The van der Waals surface area contributed by atoms with Gasteiger partial charge in [-0.1, -0.05) is 29.8 Å². The van der Waals surface area contributed by atoms with Crippen molar-refractivity contribution in [3.05, 3.63) is 68.7 Å². The van der Waals surface area contributed by atoms with Gasteiger partial charge in [0, 0.05) is 28.8 Å². The maximum Gasteiger partial charge on any atom is 0.274 e. The van der Waals surface area contributed by atoms with E-state index in [0.29, 0.717) is 29.1 Å². The zero-order valence-corrected chi connectivity index (χ0v) is 12.8. The average molecular weight is 319 g/mol. The summed E-state index contributed by atoms with van der Waals surface area (Å²) < 4.78 is 0. The third-order valence-corrected chi connectivity index (χ3v) is 3.50. The molecular formula is C16H15ClN2O3. The van der Waals surface area contributed by atoms with E-state index in [1.165, 1.54) is 6.07 Å². The molecule has 6 heteroatoms. The number of nitro groups is 1. The molecule has 0 saturated carbocycles. The molecule has 0 heterocycles. The quantitative estimate of drug-likeness (QED) is 0.665. The third-order valence-electron chi connectivity index (χ3n) is 3.24. The molecule has 1 amide bonds. The van der Waals surface area contributed by atoms with Crippen LogP contribution in [0.5, 0.6) is 0 Å². The van der Waals surface area contributed by atoms with Crippen molar-refractivity contribution in [1.29, 1.82) is 0 Å². The summed E-state index contributed by atoms with van der Waals surface area (Å²) in [5.74, 6) is -0.187. The number of anilines is 1. The summed E-state index contributed by atoms with van der Waals surface area (Å²) in [6, 6.07) is 11.9. The molecule has 0 fully saturated rings. The normalized spacial score (nSPS) is 10.3. The molecule has 0 saturated heterocycles. The second kappa shape index (κ2) is 7.04. The minimum Gasteiger partial charge on any atom is -0.326 e. The van der Waals surface area contributed by atoms with Crippen LogP contribution in [0, 0.1) is 17.0 Å². The zero-order chi connectivity index (χ0) is 16.1. The predicted molar refractivity (Wildman–Crippen MR) is 86.2 cm³/mol. The second-order valence-corrected chi connectivity index (χ2v) is 5.37. The monoisotopic (exact) mass is 318 g/mol. The van der Waals surface area contributed by atoms with Crippen molar-refractivity contribution in [3.63, 3.8) is 0 Å². The number of carbonyl (C=O) groups excluding carboxylic acids is 1. The van der Waals surface area contributed by atoms with Crippen LogP contribution < -0.4 is 5.32 Å². The Morgan fingerprint density at radius 1 is 1.23 bits per heavy atom. The summed E-state index contributed by atoms with van der Waals surface area (Å²) in [7, 11) is 0. The van der Waals surface area contributed by atoms with E-state index in [2.05, 4.69) is 5.32 Å². The fraction of sp³-hybridized carbons (Fsp3) is 0.188. The van der Waals surface area contributed by atoms with Crippen molar-refractivity contribution >= 4 is 28.9 Å². The van der Waals surface area contributed by atoms with Crippen molar-refractivity contribution in [2.24, 2.45) is 0 Å². The Bertz CT molecular complexity index is 699. The number of hydrogen-bond donors (Lipinski definition) is 1. The summed E-state index contributed by atoms with van der Waals surface area (Å²) >= 11 is 5.80. The Kier molecular flexibility index (Phi) is 5.12. The first-order chi connectivity index (χ1) is 10.5. The van der Waals surface area contributed by atoms with E-state index in [1.54, 1.807) is 31.2 Å². The number of amides is 1. The number of nitro benzene ring substituents is 1. The van der Waals surface area contributed by atoms with E-state index in [9.17, 15) is 14.9 Å². The van der Waals surface area contributed by atoms with Crippen LogP contribution in [0.1, 0.15) is 17.5 Å². The van der Waals surface area contributed by atoms with Crippen LogP contribution in [0.4, 0.5) is 11.4 Å². The first-order valence-electron chi connectivity index (χ1n) is 6.75. The van der Waals surface area contributed by atoms with Gasteiger partial charge in [0.2, 0.25) is 5.91 Å². The lowest BCUT2D eigenvalue weighted by Crippen LogP contribution is -2.12. The largest absolute Gasteiger partial charge is 0.326 e. The van der Waals surface area contributed by atoms with Gasteiger partial charge >= 0.3 is 0 Å². The van der Waals surface area contributed by atoms with Gasteiger partial charge in [-0.15, -0.1) is 0 Å². The van der Waals surface area contributed by atoms with Crippen LogP contribution in [0.2, 0.25) is 5.02 Å². The number of halogens is 1. The summed E-state index contributed by atoms with van der Waals surface area (Å²) in [4.78, 5) is 22.3. The minimum atomic E-state index is -0.460. The highest BCUT2D eigenvalue weighted by Crippen LogP contribution is 2.22. The number of carbonyl (C=O) groups is 1. The lowest BCUT2D eigenvalue weighted by Gasteiger charge is -2.06. The molecule has 0 aliphatic carbocycles. The van der Waals surface area contributed by atoms with Crippen molar-refractivity contribution < 1.29 is 9.72 Å². The molecule has 0 atom stereocenters. The number of nitrogens with zero attached hydrogens (tertiary/aromatic N) is 1. The van der Waals surface area contributed by atoms with E-state index < -0.39 is 4.92 Å². The molecule has 0 bridgehead atoms. The average Bonchev–Trinajstić information content (AvgIpc) is 2.48. The number of nitrogens with one attached hydrogen (secondary N) is 1. The maximum atomic E-state index is 11.9. The Labute approximate surface area is 133 Å². The van der Waals surface area contributed by atoms with Crippen LogP contribution in [0.3, 0.4) is 0 Å². The molecule has 5 nitrogen and oxygen atoms in total. The number of benzene rings is 2. The van der Waals surface area contributed by atoms with Gasteiger partial charge in [0.25, 0.3) is 5.69 Å². The molecule has 0 aliphatic rings. The summed E-state index contributed by atoms with van der Waals surface area (Å²) in [5, 5.41) is 14.2. The van der Waals surface area contributed by atoms with Gasteiger partial charge in [-0.3, -0.25) is 14.9 Å². The van der Waals surface area contributed by atoms with Gasteiger partial charge in [-0.25, -0.2) is 0 Å². The van der Waals surface area contributed by atoms with E-state index in [1.807, 2.05) is 12.1 Å². The van der Waals surface area contributed by atoms with Gasteiger partial charge in [0.05, 0.1) is 4.92 Å². The van der Waals surface area contributed by atoms with Crippen LogP contribution >= 0.6 is 11.6 Å². The lowest BCUT2D eigenvalue weighted by molar-refractivity contribution is -0.385. The molecule has 114 valence electrons. The maximum absolute atomic E-state index is 11.9. The number of aryl methyl sites for hydroxylation is 2. The van der Waals surface area contributed by atoms with Crippen molar-refractivity contribution in [2.75, 3.05) is 5.32 Å². The molecule has 2 rings (SSSR count). The summed E-state index contributed by atoms with van der Waals surface area (Å²) in [6.45, 7) is 1.66. The fourth-order valence-corrected chi connectivity index (χ4v) is 2.14. The van der Waals surface area contributed by atoms with Crippen LogP contribution in [0.15, 0.2) is 42.5 Å². The minimum absolute atomic E-state index is 0.00417. The highest BCUT2D eigenvalue weighted by Gasteiger charge is 2.12. The highest BCUT2D eigenvalue weighted by atomic mass is 35.5. The van der Waals surface area contributed by atoms with Gasteiger partial charge in [-0.05, 0) is 37.1 Å². The SMILES string of the molecule is Cc1ccc(NC(=O)CCc2ccc(Cl)cc2)cc1[N+](=O)[O-]. The van der Waals surface area contributed by atoms with Crippen LogP contribution in [-0.2, 0) is 11.2 Å². The molecule has 2 aromatic rings. The highest BCUT2D eigenvalue weighted by molar-refractivity contribution is 6.30. The molecule has 22 heavy (non-hydrogen) atoms. The Morgan fingerprint density at radius 2 is 1.91 bits per heavy atom. The van der Waals surface area contributed by atoms with Crippen molar-refractivity contribution in [2.45, 2.75) is 19.8 Å². The number of rotatable bonds is 5. The molecule has 0 unspecified atom stereocenters. The molecule has 0 aromatic heterocycles. The molecular weight excluding hydrogens is 304 g/mol. The molecule has 0 aliphatic heterocycles. The van der Waals surface area contributed by atoms with E-state index in [-0.39, 0.29) is 11.6 Å². The Hall–Kier alpha value is -2.40. The van der Waals surface area contributed by atoms with Gasteiger partial charge in [-0.2, -0.15) is 0 Å². The van der Waals surface area contributed by atoms with E-state index in [0.717, 1.165) is 5.56 Å². The van der Waals surface area contributed by atoms with Crippen molar-refractivity contribution in [1.82, 2.24) is 0 Å². The topological polar surface area (TPSA) is 72.2 Å². The first-order valence-corrected chi connectivity index (χ1v) is 7.13. The van der Waals surface area contributed by atoms with E-state index >= 15 is 0 Å². The van der Waals surface area contributed by atoms with Gasteiger partial charge < -0.3 is 5.32 Å². The van der Waals surface area contributed by atoms with Crippen LogP contribution in [0.25, 0.3) is 0 Å². The van der Waals surface area contributed by atoms with Gasteiger partial charge in [0.15, 0.2) is 0 Å². The lowest BCUT2D eigenvalue weighted by atomic mass is 10.1. The number of hydrogen-bond acceptors (Lipinski definition) is 3. The molecule has 2 aromatic carbocycles. The molecule has 0 radical (unpaired) electrons. The van der Waals surface area contributed by atoms with Gasteiger partial charge in [0.1, 0.15) is 0 Å². The van der Waals surface area contributed by atoms with Crippen LogP contribution in [-0.4, -0.2) is 10.8 Å². The molecule has 1 N–H and O–H groups in total. The predicted octanol–water partition coefficient (Wildman–Crippen LogP) is 4.13. The standard InChI is InChI=1S/C16H15ClN2O3/c1-11-2-8-14(10-15(11)19(21)22)18-16(20)9-5-12-3-6-13(17)7-4-12/h2-4,6-8,10H,5,9H2,1H3,(H,18,20). The Balaban J connectivity index is 1.96. The zero-order valence-electron chi connectivity index (χ0n) is 12.0. The van der Waals surface area contributed by atoms with E-state index in [4.69, 9.17) is 11.6 Å². The first kappa shape index (κ1) is 16.0. The Morgan fingerprint density at radius 3 is 2.55 bits per heavy atom.